The van der Waals surface area contributed by atoms with Crippen molar-refractivity contribution < 1.29 is 17.9 Å². The van der Waals surface area contributed by atoms with E-state index >= 15 is 0 Å². The molecule has 0 aliphatic carbocycles. The molecule has 158 valence electrons. The smallest absolute Gasteiger partial charge is 0.416 e. The van der Waals surface area contributed by atoms with Gasteiger partial charge in [0, 0.05) is 5.56 Å². The van der Waals surface area contributed by atoms with Crippen LogP contribution in [0.4, 0.5) is 13.2 Å². The molecule has 1 heterocycles. The summed E-state index contributed by atoms with van der Waals surface area (Å²) in [5.41, 5.74) is 2.60. The van der Waals surface area contributed by atoms with E-state index in [1.165, 1.54) is 17.7 Å². The van der Waals surface area contributed by atoms with Crippen LogP contribution in [0.25, 0.3) is 11.3 Å². The number of pyridine rings is 1. The topological polar surface area (TPSA) is 22.1 Å². The van der Waals surface area contributed by atoms with Gasteiger partial charge in [-0.3, -0.25) is 0 Å². The largest absolute Gasteiger partial charge is 0.484 e. The molecule has 1 aromatic heterocycles. The summed E-state index contributed by atoms with van der Waals surface area (Å²) < 4.78 is 44.8. The monoisotopic (exact) mass is 413 g/mol. The molecule has 3 rings (SSSR count). The third-order valence-corrected chi connectivity index (χ3v) is 5.01. The molecular weight excluding hydrogens is 387 g/mol. The Morgan fingerprint density at radius 3 is 2.33 bits per heavy atom. The van der Waals surface area contributed by atoms with Crippen molar-refractivity contribution in [2.75, 3.05) is 0 Å². The molecule has 2 aromatic carbocycles. The van der Waals surface area contributed by atoms with Crippen molar-refractivity contribution in [1.29, 1.82) is 0 Å². The van der Waals surface area contributed by atoms with Crippen molar-refractivity contribution in [3.8, 4) is 17.0 Å². The number of alkyl halides is 3. The molecule has 3 aromatic rings. The number of ether oxygens (including phenoxy) is 1. The number of halogens is 3. The molecule has 0 aliphatic rings. The predicted octanol–water partition coefficient (Wildman–Crippen LogP) is 7.64. The van der Waals surface area contributed by atoms with Gasteiger partial charge in [0.25, 0.3) is 0 Å². The summed E-state index contributed by atoms with van der Waals surface area (Å²) in [6.45, 7) is 4.23. The van der Waals surface area contributed by atoms with E-state index in [-0.39, 0.29) is 6.10 Å². The van der Waals surface area contributed by atoms with E-state index in [0.717, 1.165) is 49.3 Å². The van der Waals surface area contributed by atoms with E-state index in [0.29, 0.717) is 11.3 Å². The van der Waals surface area contributed by atoms with Crippen LogP contribution in [0.5, 0.6) is 5.75 Å². The van der Waals surface area contributed by atoms with Crippen molar-refractivity contribution in [2.24, 2.45) is 0 Å². The van der Waals surface area contributed by atoms with E-state index in [1.807, 2.05) is 30.3 Å². The molecule has 5 heteroatoms. The maximum absolute atomic E-state index is 12.8. The molecule has 0 saturated heterocycles. The Morgan fingerprint density at radius 2 is 1.67 bits per heavy atom. The average Bonchev–Trinajstić information content (AvgIpc) is 2.76. The van der Waals surface area contributed by atoms with Gasteiger partial charge in [0.05, 0.1) is 17.0 Å². The van der Waals surface area contributed by atoms with Gasteiger partial charge >= 0.3 is 6.18 Å². The summed E-state index contributed by atoms with van der Waals surface area (Å²) in [6, 6.07) is 18.7. The van der Waals surface area contributed by atoms with Gasteiger partial charge in [0.1, 0.15) is 11.9 Å². The third kappa shape index (κ3) is 5.62. The van der Waals surface area contributed by atoms with E-state index in [1.54, 1.807) is 6.07 Å². The highest BCUT2D eigenvalue weighted by molar-refractivity contribution is 5.59. The van der Waals surface area contributed by atoms with Gasteiger partial charge in [-0.2, -0.15) is 13.2 Å². The molecular formula is C25H26F3NO. The van der Waals surface area contributed by atoms with Crippen LogP contribution in [-0.2, 0) is 12.6 Å². The quantitative estimate of drug-likeness (QED) is 0.378. The molecule has 0 aliphatic heterocycles. The van der Waals surface area contributed by atoms with Gasteiger partial charge in [-0.05, 0) is 61.2 Å². The molecule has 30 heavy (non-hydrogen) atoms. The standard InChI is InChI=1S/C25H26F3NO/c1-3-5-12-24(30-21-9-6-8-18(4-2)17-21)23-11-7-10-22(29-23)19-13-15-20(16-14-19)25(26,27)28/h6-11,13-17,24H,3-5,12H2,1-2H3. The summed E-state index contributed by atoms with van der Waals surface area (Å²) in [6.07, 6.45) is -0.793. The summed E-state index contributed by atoms with van der Waals surface area (Å²) in [5, 5.41) is 0. The summed E-state index contributed by atoms with van der Waals surface area (Å²) in [7, 11) is 0. The highest BCUT2D eigenvalue weighted by Gasteiger charge is 2.30. The number of rotatable bonds is 8. The lowest BCUT2D eigenvalue weighted by Gasteiger charge is -2.20. The van der Waals surface area contributed by atoms with Gasteiger partial charge in [-0.25, -0.2) is 4.98 Å². The lowest BCUT2D eigenvalue weighted by atomic mass is 10.1. The molecule has 0 saturated carbocycles. The predicted molar refractivity (Wildman–Crippen MR) is 113 cm³/mol. The van der Waals surface area contributed by atoms with Crippen LogP contribution in [-0.4, -0.2) is 4.98 Å². The van der Waals surface area contributed by atoms with Gasteiger partial charge in [0.15, 0.2) is 0 Å². The van der Waals surface area contributed by atoms with Gasteiger partial charge in [-0.15, -0.1) is 0 Å². The zero-order valence-electron chi connectivity index (χ0n) is 17.2. The minimum atomic E-state index is -4.35. The van der Waals surface area contributed by atoms with Crippen LogP contribution in [0.2, 0.25) is 0 Å². The van der Waals surface area contributed by atoms with Crippen LogP contribution >= 0.6 is 0 Å². The zero-order valence-corrected chi connectivity index (χ0v) is 17.2. The third-order valence-electron chi connectivity index (χ3n) is 5.01. The molecule has 0 bridgehead atoms. The van der Waals surface area contributed by atoms with Crippen molar-refractivity contribution in [2.45, 2.75) is 51.8 Å². The number of aromatic nitrogens is 1. The summed E-state index contributed by atoms with van der Waals surface area (Å²) in [4.78, 5) is 4.72. The number of unbranched alkanes of at least 4 members (excludes halogenated alkanes) is 1. The fourth-order valence-electron chi connectivity index (χ4n) is 3.28. The van der Waals surface area contributed by atoms with Crippen molar-refractivity contribution in [3.05, 3.63) is 83.6 Å². The van der Waals surface area contributed by atoms with Gasteiger partial charge in [-0.1, -0.05) is 50.6 Å². The Kier molecular flexibility index (Phi) is 7.14. The maximum atomic E-state index is 12.8. The van der Waals surface area contributed by atoms with Crippen molar-refractivity contribution in [1.82, 2.24) is 4.98 Å². The number of hydrogen-bond acceptors (Lipinski definition) is 2. The van der Waals surface area contributed by atoms with E-state index in [9.17, 15) is 13.2 Å². The normalized spacial score (nSPS) is 12.6. The van der Waals surface area contributed by atoms with Crippen molar-refractivity contribution in [3.63, 3.8) is 0 Å². The van der Waals surface area contributed by atoms with Gasteiger partial charge in [0.2, 0.25) is 0 Å². The first kappa shape index (κ1) is 21.9. The number of nitrogens with zero attached hydrogens (tertiary/aromatic N) is 1. The number of aryl methyl sites for hydroxylation is 1. The first-order valence-corrected chi connectivity index (χ1v) is 10.3. The molecule has 0 spiro atoms. The van der Waals surface area contributed by atoms with Crippen molar-refractivity contribution >= 4 is 0 Å². The van der Waals surface area contributed by atoms with Crippen LogP contribution in [0.3, 0.4) is 0 Å². The second kappa shape index (κ2) is 9.79. The minimum absolute atomic E-state index is 0.216. The maximum Gasteiger partial charge on any atom is 0.416 e. The molecule has 0 amide bonds. The summed E-state index contributed by atoms with van der Waals surface area (Å²) in [5.74, 6) is 0.803. The van der Waals surface area contributed by atoms with E-state index in [2.05, 4.69) is 19.9 Å². The van der Waals surface area contributed by atoms with Crippen LogP contribution in [0.1, 0.15) is 56.0 Å². The SMILES string of the molecule is CCCCC(Oc1cccc(CC)c1)c1cccc(-c2ccc(C(F)(F)F)cc2)n1. The lowest BCUT2D eigenvalue weighted by molar-refractivity contribution is -0.137. The number of hydrogen-bond donors (Lipinski definition) is 0. The van der Waals surface area contributed by atoms with Crippen LogP contribution < -0.4 is 4.74 Å². The molecule has 2 nitrogen and oxygen atoms in total. The second-order valence-electron chi connectivity index (χ2n) is 7.27. The summed E-state index contributed by atoms with van der Waals surface area (Å²) >= 11 is 0. The van der Waals surface area contributed by atoms with Crippen LogP contribution in [0.15, 0.2) is 66.7 Å². The lowest BCUT2D eigenvalue weighted by Crippen LogP contribution is -2.10. The average molecular weight is 413 g/mol. The number of benzene rings is 2. The Morgan fingerprint density at radius 1 is 0.933 bits per heavy atom. The Labute approximate surface area is 175 Å². The molecule has 0 N–H and O–H groups in total. The first-order valence-electron chi connectivity index (χ1n) is 10.3. The zero-order chi connectivity index (χ0) is 21.6. The Bertz CT molecular complexity index is 951. The molecule has 1 unspecified atom stereocenters. The van der Waals surface area contributed by atoms with E-state index < -0.39 is 11.7 Å². The molecule has 0 radical (unpaired) electrons. The molecule has 0 fully saturated rings. The van der Waals surface area contributed by atoms with Gasteiger partial charge < -0.3 is 4.74 Å². The fourth-order valence-corrected chi connectivity index (χ4v) is 3.28. The minimum Gasteiger partial charge on any atom is -0.484 e. The van der Waals surface area contributed by atoms with Crippen LogP contribution in [0, 0.1) is 0 Å². The first-order chi connectivity index (χ1) is 14.4. The second-order valence-corrected chi connectivity index (χ2v) is 7.27. The fraction of sp³-hybridized carbons (Fsp3) is 0.320. The molecule has 1 atom stereocenters. The highest BCUT2D eigenvalue weighted by atomic mass is 19.4. The highest BCUT2D eigenvalue weighted by Crippen LogP contribution is 2.32. The Hall–Kier alpha value is -2.82. The van der Waals surface area contributed by atoms with E-state index in [4.69, 9.17) is 9.72 Å². The Balaban J connectivity index is 1.87.